The maximum atomic E-state index is 13.8. The van der Waals surface area contributed by atoms with E-state index in [9.17, 15) is 44.1 Å². The Morgan fingerprint density at radius 2 is 1.52 bits per heavy atom. The number of aromatic nitrogens is 1. The zero-order valence-electron chi connectivity index (χ0n) is 26.9. The first-order valence-corrected chi connectivity index (χ1v) is 15.6. The zero-order valence-corrected chi connectivity index (χ0v) is 26.9. The fourth-order valence-corrected chi connectivity index (χ4v) is 6.41. The highest BCUT2D eigenvalue weighted by molar-refractivity contribution is 6.68. The number of amides is 2. The highest BCUT2D eigenvalue weighted by Gasteiger charge is 2.71. The lowest BCUT2D eigenvalue weighted by molar-refractivity contribution is -0.816. The average Bonchev–Trinajstić information content (AvgIpc) is 3.43. The highest BCUT2D eigenvalue weighted by atomic mass is 16.7. The summed E-state index contributed by atoms with van der Waals surface area (Å²) in [7, 11) is 0. The number of carboxylic acids is 2. The molecule has 2 aliphatic heterocycles. The molecule has 17 heteroatoms. The number of rotatable bonds is 16. The zero-order chi connectivity index (χ0) is 35.2. The Kier molecular flexibility index (Phi) is 11.2. The van der Waals surface area contributed by atoms with Gasteiger partial charge in [-0.25, -0.2) is 4.98 Å². The molecule has 2 amide bonds. The van der Waals surface area contributed by atoms with E-state index < -0.39 is 77.9 Å². The summed E-state index contributed by atoms with van der Waals surface area (Å²) in [6.45, 7) is -0.203. The summed E-state index contributed by atoms with van der Waals surface area (Å²) in [5, 5.41) is 34.5. The van der Waals surface area contributed by atoms with Crippen molar-refractivity contribution in [2.24, 2.45) is 5.92 Å². The summed E-state index contributed by atoms with van der Waals surface area (Å²) in [6, 6.07) is 12.5. The van der Waals surface area contributed by atoms with Gasteiger partial charge >= 0.3 is 30.6 Å². The third-order valence-electron chi connectivity index (χ3n) is 8.50. The van der Waals surface area contributed by atoms with Crippen molar-refractivity contribution in [3.63, 3.8) is 0 Å². The van der Waals surface area contributed by atoms with E-state index in [2.05, 4.69) is 15.6 Å². The molecule has 5 N–H and O–H groups in total. The molecule has 2 aromatic rings. The molecule has 0 radical (unpaired) electrons. The van der Waals surface area contributed by atoms with Crippen LogP contribution < -0.4 is 10.6 Å². The van der Waals surface area contributed by atoms with Crippen molar-refractivity contribution in [1.29, 1.82) is 0 Å². The maximum absolute atomic E-state index is 13.8. The normalized spacial score (nSPS) is 22.0. The molecular weight excluding hydrogens is 629 g/mol. The number of pyridine rings is 1. The quantitative estimate of drug-likeness (QED) is 0.144. The number of fused-ring (bicyclic) bond motifs is 1. The van der Waals surface area contributed by atoms with Crippen LogP contribution in [0.5, 0.6) is 0 Å². The van der Waals surface area contributed by atoms with E-state index in [0.717, 1.165) is 10.5 Å². The van der Waals surface area contributed by atoms with Gasteiger partial charge in [0.2, 0.25) is 5.91 Å². The molecule has 4 rings (SSSR count). The van der Waals surface area contributed by atoms with Gasteiger partial charge in [-0.15, -0.1) is 0 Å². The minimum absolute atomic E-state index is 0.00579. The number of quaternary nitrogens is 1. The molecule has 48 heavy (non-hydrogen) atoms. The van der Waals surface area contributed by atoms with Crippen LogP contribution in [-0.2, 0) is 33.3 Å². The summed E-state index contributed by atoms with van der Waals surface area (Å²) in [4.78, 5) is 81.3. The predicted octanol–water partition coefficient (Wildman–Crippen LogP) is -0.362. The second-order valence-corrected chi connectivity index (χ2v) is 12.7. The van der Waals surface area contributed by atoms with Gasteiger partial charge in [0.1, 0.15) is 24.8 Å². The Morgan fingerprint density at radius 1 is 0.917 bits per heavy atom. The second-order valence-electron chi connectivity index (χ2n) is 12.7. The summed E-state index contributed by atoms with van der Waals surface area (Å²) in [6.07, 6.45) is -1.26. The number of benzene rings is 1. The number of hydrogen-bond acceptors (Lipinski definition) is 11. The molecule has 2 fully saturated rings. The first-order valence-electron chi connectivity index (χ1n) is 15.6. The van der Waals surface area contributed by atoms with Crippen molar-refractivity contribution in [1.82, 2.24) is 20.5 Å². The van der Waals surface area contributed by atoms with Crippen LogP contribution in [0.25, 0.3) is 11.3 Å². The monoisotopic (exact) mass is 669 g/mol. The van der Waals surface area contributed by atoms with Crippen molar-refractivity contribution < 1.29 is 57.8 Å². The van der Waals surface area contributed by atoms with E-state index in [4.69, 9.17) is 9.31 Å². The van der Waals surface area contributed by atoms with Crippen LogP contribution >= 0.6 is 0 Å². The molecule has 1 aromatic heterocycles. The highest BCUT2D eigenvalue weighted by Crippen LogP contribution is 2.39. The van der Waals surface area contributed by atoms with E-state index in [-0.39, 0.29) is 44.2 Å². The van der Waals surface area contributed by atoms with Crippen molar-refractivity contribution in [3.8, 4) is 11.3 Å². The Labute approximate surface area is 276 Å². The second kappa shape index (κ2) is 14.9. The number of nitrogens with zero attached hydrogens (tertiary/aromatic N) is 3. The van der Waals surface area contributed by atoms with Crippen molar-refractivity contribution in [3.05, 3.63) is 54.2 Å². The molecule has 258 valence electrons. The third-order valence-corrected chi connectivity index (χ3v) is 8.50. The summed E-state index contributed by atoms with van der Waals surface area (Å²) in [5.41, 5.74) is 1.28. The number of carbonyl (C=O) groups is 6. The average molecular weight is 669 g/mol. The number of carboxylic acid groups (broad SMARTS) is 2. The van der Waals surface area contributed by atoms with E-state index >= 15 is 0 Å². The molecule has 0 bridgehead atoms. The molecule has 2 aliphatic rings. The predicted molar refractivity (Wildman–Crippen MR) is 169 cm³/mol. The molecule has 0 unspecified atom stereocenters. The number of aliphatic carboxylic acids is 2. The SMILES string of the molecule is CC(C)C[C@H](NC(=O)[C@@H](NC(=O)c1cccc(-c2ccccc2)n1)[C@H](C)O)[B-]12OC(=O)C[N+]1(CCN(CC(=O)O)CC(=O)O)CC(=O)O2. The minimum atomic E-state index is -3.00. The van der Waals surface area contributed by atoms with Crippen LogP contribution in [0.15, 0.2) is 48.5 Å². The maximum Gasteiger partial charge on any atom is 0.605 e. The van der Waals surface area contributed by atoms with Crippen molar-refractivity contribution >= 4 is 42.4 Å². The van der Waals surface area contributed by atoms with Gasteiger partial charge in [-0.1, -0.05) is 50.2 Å². The lowest BCUT2D eigenvalue weighted by Gasteiger charge is -2.48. The molecule has 16 nitrogen and oxygen atoms in total. The van der Waals surface area contributed by atoms with Gasteiger partial charge in [-0.3, -0.25) is 33.7 Å². The molecule has 2 saturated heterocycles. The first kappa shape index (κ1) is 36.0. The smallest absolute Gasteiger partial charge is 0.599 e. The van der Waals surface area contributed by atoms with Crippen LogP contribution in [0.4, 0.5) is 0 Å². The number of aliphatic hydroxyl groups is 1. The van der Waals surface area contributed by atoms with E-state index in [1.165, 1.54) is 13.0 Å². The van der Waals surface area contributed by atoms with Gasteiger partial charge in [0.25, 0.3) is 5.91 Å². The van der Waals surface area contributed by atoms with Gasteiger partial charge < -0.3 is 39.7 Å². The number of carbonyl (C=O) groups excluding carboxylic acids is 4. The Hall–Kier alpha value is -4.87. The van der Waals surface area contributed by atoms with E-state index in [1.54, 1.807) is 12.1 Å². The van der Waals surface area contributed by atoms with Gasteiger partial charge in [0.15, 0.2) is 0 Å². The molecule has 0 saturated carbocycles. The Morgan fingerprint density at radius 3 is 2.06 bits per heavy atom. The standard InChI is InChI=1S/C31H40BN5O11/c1-19(2)14-24(32-37(17-27(43)47-32,18-28(44)48-32)13-12-36(15-25(39)40)16-26(41)42)34-31(46)29(20(3)38)35-30(45)23-11-7-10-22(33-23)21-8-5-4-6-9-21/h4-11,19-20,24,29,38H,12-18H2,1-3H3,(H,34,46)(H,35,45)(H,39,40)(H,41,42)/t20-,24-,29-,32?,37?/m0/s1. The van der Waals surface area contributed by atoms with Crippen molar-refractivity contribution in [2.45, 2.75) is 45.3 Å². The van der Waals surface area contributed by atoms with Gasteiger partial charge in [0, 0.05) is 12.1 Å². The van der Waals surface area contributed by atoms with Gasteiger partial charge in [-0.2, -0.15) is 0 Å². The summed E-state index contributed by atoms with van der Waals surface area (Å²) >= 11 is 0. The van der Waals surface area contributed by atoms with Gasteiger partial charge in [-0.05, 0) is 31.4 Å². The Bertz CT molecular complexity index is 1520. The number of nitrogens with one attached hydrogen (secondary N) is 2. The lowest BCUT2D eigenvalue weighted by Crippen LogP contribution is -2.74. The largest absolute Gasteiger partial charge is 0.605 e. The fourth-order valence-electron chi connectivity index (χ4n) is 6.41. The number of hydrogen-bond donors (Lipinski definition) is 5. The van der Waals surface area contributed by atoms with Crippen LogP contribution in [0.3, 0.4) is 0 Å². The van der Waals surface area contributed by atoms with Crippen LogP contribution in [0, 0.1) is 5.92 Å². The van der Waals surface area contributed by atoms with Gasteiger partial charge in [0.05, 0.1) is 37.4 Å². The molecular formula is C31H40BN5O11. The van der Waals surface area contributed by atoms with Crippen molar-refractivity contribution in [2.75, 3.05) is 39.3 Å². The molecule has 0 spiro atoms. The minimum Gasteiger partial charge on any atom is -0.599 e. The molecule has 1 aromatic carbocycles. The number of aliphatic hydroxyl groups excluding tert-OH is 1. The lowest BCUT2D eigenvalue weighted by atomic mass is 9.57. The third kappa shape index (κ3) is 8.16. The van der Waals surface area contributed by atoms with Crippen LogP contribution in [-0.4, -0.2) is 129 Å². The van der Waals surface area contributed by atoms with E-state index in [1.807, 2.05) is 44.2 Å². The fraction of sp³-hybridized carbons (Fsp3) is 0.452. The summed E-state index contributed by atoms with van der Waals surface area (Å²) in [5.74, 6) is -6.84. The molecule has 3 atom stereocenters. The topological polar surface area (TPSA) is 222 Å². The summed E-state index contributed by atoms with van der Waals surface area (Å²) < 4.78 is 11.1. The molecule has 0 aliphatic carbocycles. The first-order chi connectivity index (χ1) is 22.6. The van der Waals surface area contributed by atoms with E-state index in [0.29, 0.717) is 5.69 Å². The molecule has 3 heterocycles. The van der Waals surface area contributed by atoms with Crippen LogP contribution in [0.2, 0.25) is 0 Å². The Balaban J connectivity index is 1.60. The van der Waals surface area contributed by atoms with Crippen LogP contribution in [0.1, 0.15) is 37.7 Å².